The van der Waals surface area contributed by atoms with Gasteiger partial charge in [-0.05, 0) is 18.2 Å². The average Bonchev–Trinajstić information content (AvgIpc) is 2.38. The first kappa shape index (κ1) is 11.7. The SMILES string of the molecule is N#CCC=Cc1ccc([N+](=O)[O-])c2cccnc12. The minimum atomic E-state index is -0.424. The van der Waals surface area contributed by atoms with Crippen molar-refractivity contribution < 1.29 is 4.92 Å². The Labute approximate surface area is 103 Å². The number of rotatable bonds is 3. The van der Waals surface area contributed by atoms with Crippen molar-refractivity contribution >= 4 is 22.7 Å². The number of benzene rings is 1. The summed E-state index contributed by atoms with van der Waals surface area (Å²) in [6.07, 6.45) is 5.34. The van der Waals surface area contributed by atoms with Crippen LogP contribution in [0.4, 0.5) is 5.69 Å². The third-order valence-electron chi connectivity index (χ3n) is 2.48. The van der Waals surface area contributed by atoms with E-state index < -0.39 is 4.92 Å². The lowest BCUT2D eigenvalue weighted by Crippen LogP contribution is -1.92. The van der Waals surface area contributed by atoms with Crippen molar-refractivity contribution in [2.75, 3.05) is 0 Å². The van der Waals surface area contributed by atoms with Gasteiger partial charge in [-0.3, -0.25) is 15.1 Å². The van der Waals surface area contributed by atoms with Gasteiger partial charge in [0.15, 0.2) is 0 Å². The Bertz CT molecular complexity index is 671. The van der Waals surface area contributed by atoms with E-state index in [9.17, 15) is 10.1 Å². The molecule has 2 aromatic rings. The van der Waals surface area contributed by atoms with Crippen LogP contribution in [0.3, 0.4) is 0 Å². The molecule has 5 nitrogen and oxygen atoms in total. The average molecular weight is 239 g/mol. The first-order valence-electron chi connectivity index (χ1n) is 5.29. The summed E-state index contributed by atoms with van der Waals surface area (Å²) in [5.41, 5.74) is 1.38. The molecule has 5 heteroatoms. The number of non-ortho nitro benzene ring substituents is 1. The van der Waals surface area contributed by atoms with Crippen molar-refractivity contribution in [1.29, 1.82) is 5.26 Å². The molecule has 18 heavy (non-hydrogen) atoms. The molecule has 0 aliphatic rings. The van der Waals surface area contributed by atoms with Crippen LogP contribution in [-0.2, 0) is 0 Å². The smallest absolute Gasteiger partial charge is 0.258 e. The van der Waals surface area contributed by atoms with E-state index in [1.165, 1.54) is 6.07 Å². The number of hydrogen-bond acceptors (Lipinski definition) is 4. The van der Waals surface area contributed by atoms with Crippen LogP contribution in [0.5, 0.6) is 0 Å². The van der Waals surface area contributed by atoms with Crippen LogP contribution in [-0.4, -0.2) is 9.91 Å². The number of allylic oxidation sites excluding steroid dienone is 1. The van der Waals surface area contributed by atoms with Crippen molar-refractivity contribution in [1.82, 2.24) is 4.98 Å². The molecule has 1 aromatic heterocycles. The first-order valence-corrected chi connectivity index (χ1v) is 5.29. The van der Waals surface area contributed by atoms with Crippen LogP contribution >= 0.6 is 0 Å². The van der Waals surface area contributed by atoms with Crippen molar-refractivity contribution in [3.63, 3.8) is 0 Å². The number of aromatic nitrogens is 1. The van der Waals surface area contributed by atoms with Gasteiger partial charge < -0.3 is 0 Å². The van der Waals surface area contributed by atoms with Gasteiger partial charge in [-0.1, -0.05) is 12.2 Å². The summed E-state index contributed by atoms with van der Waals surface area (Å²) in [5, 5.41) is 19.9. The molecule has 0 amide bonds. The first-order chi connectivity index (χ1) is 8.74. The quantitative estimate of drug-likeness (QED) is 0.609. The number of hydrogen-bond donors (Lipinski definition) is 0. The van der Waals surface area contributed by atoms with Gasteiger partial charge in [0.1, 0.15) is 0 Å². The molecule has 0 bridgehead atoms. The Morgan fingerprint density at radius 3 is 3.00 bits per heavy atom. The number of pyridine rings is 1. The summed E-state index contributed by atoms with van der Waals surface area (Å²) in [4.78, 5) is 14.6. The molecule has 0 saturated carbocycles. The summed E-state index contributed by atoms with van der Waals surface area (Å²) >= 11 is 0. The van der Waals surface area contributed by atoms with Gasteiger partial charge in [-0.2, -0.15) is 5.26 Å². The van der Waals surface area contributed by atoms with Gasteiger partial charge in [0.2, 0.25) is 0 Å². The maximum absolute atomic E-state index is 10.9. The second kappa shape index (κ2) is 5.06. The highest BCUT2D eigenvalue weighted by atomic mass is 16.6. The number of nitro groups is 1. The van der Waals surface area contributed by atoms with Crippen LogP contribution in [0, 0.1) is 21.4 Å². The van der Waals surface area contributed by atoms with Crippen LogP contribution in [0.15, 0.2) is 36.5 Å². The van der Waals surface area contributed by atoms with Crippen LogP contribution in [0.2, 0.25) is 0 Å². The van der Waals surface area contributed by atoms with Crippen molar-refractivity contribution in [2.45, 2.75) is 6.42 Å². The maximum Gasteiger partial charge on any atom is 0.278 e. The van der Waals surface area contributed by atoms with E-state index in [4.69, 9.17) is 5.26 Å². The third-order valence-corrected chi connectivity index (χ3v) is 2.48. The fraction of sp³-hybridized carbons (Fsp3) is 0.0769. The lowest BCUT2D eigenvalue weighted by atomic mass is 10.1. The number of nitro benzene ring substituents is 1. The molecular formula is C13H9N3O2. The number of fused-ring (bicyclic) bond motifs is 1. The van der Waals surface area contributed by atoms with E-state index >= 15 is 0 Å². The molecule has 0 N–H and O–H groups in total. The fourth-order valence-electron chi connectivity index (χ4n) is 1.71. The van der Waals surface area contributed by atoms with Gasteiger partial charge in [0.05, 0.1) is 28.3 Å². The van der Waals surface area contributed by atoms with E-state index in [0.717, 1.165) is 5.56 Å². The lowest BCUT2D eigenvalue weighted by Gasteiger charge is -2.02. The van der Waals surface area contributed by atoms with Gasteiger partial charge in [-0.25, -0.2) is 0 Å². The summed E-state index contributed by atoms with van der Waals surface area (Å²) in [5.74, 6) is 0. The van der Waals surface area contributed by atoms with E-state index in [-0.39, 0.29) is 5.69 Å². The van der Waals surface area contributed by atoms with Gasteiger partial charge >= 0.3 is 0 Å². The monoisotopic (exact) mass is 239 g/mol. The zero-order valence-electron chi connectivity index (χ0n) is 9.41. The number of nitrogens with zero attached hydrogens (tertiary/aromatic N) is 3. The molecule has 0 radical (unpaired) electrons. The van der Waals surface area contributed by atoms with Gasteiger partial charge in [-0.15, -0.1) is 0 Å². The van der Waals surface area contributed by atoms with E-state index in [2.05, 4.69) is 4.98 Å². The van der Waals surface area contributed by atoms with Crippen LogP contribution in [0.1, 0.15) is 12.0 Å². The normalized spacial score (nSPS) is 10.6. The Balaban J connectivity index is 2.61. The van der Waals surface area contributed by atoms with E-state index in [0.29, 0.717) is 17.3 Å². The lowest BCUT2D eigenvalue weighted by molar-refractivity contribution is -0.383. The molecule has 1 heterocycles. The Morgan fingerprint density at radius 1 is 1.44 bits per heavy atom. The molecule has 0 spiro atoms. The third kappa shape index (κ3) is 2.18. The second-order valence-corrected chi connectivity index (χ2v) is 3.60. The predicted octanol–water partition coefficient (Wildman–Crippen LogP) is 3.07. The summed E-state index contributed by atoms with van der Waals surface area (Å²) in [7, 11) is 0. The molecule has 0 aliphatic heterocycles. The summed E-state index contributed by atoms with van der Waals surface area (Å²) in [6, 6.07) is 8.43. The minimum Gasteiger partial charge on any atom is -0.258 e. The zero-order valence-corrected chi connectivity index (χ0v) is 9.41. The molecule has 2 rings (SSSR count). The molecular weight excluding hydrogens is 230 g/mol. The predicted molar refractivity (Wildman–Crippen MR) is 67.7 cm³/mol. The van der Waals surface area contributed by atoms with E-state index in [1.807, 2.05) is 6.07 Å². The Morgan fingerprint density at radius 2 is 2.28 bits per heavy atom. The highest BCUT2D eigenvalue weighted by molar-refractivity contribution is 5.93. The topological polar surface area (TPSA) is 79.8 Å². The van der Waals surface area contributed by atoms with Gasteiger partial charge in [0.25, 0.3) is 5.69 Å². The molecule has 0 saturated heterocycles. The zero-order chi connectivity index (χ0) is 13.0. The fourth-order valence-corrected chi connectivity index (χ4v) is 1.71. The Hall–Kier alpha value is -2.74. The van der Waals surface area contributed by atoms with Crippen molar-refractivity contribution in [3.05, 3.63) is 52.2 Å². The minimum absolute atomic E-state index is 0.0375. The largest absolute Gasteiger partial charge is 0.278 e. The molecule has 0 aliphatic carbocycles. The molecule has 1 aromatic carbocycles. The maximum atomic E-state index is 10.9. The van der Waals surface area contributed by atoms with Crippen molar-refractivity contribution in [2.24, 2.45) is 0 Å². The molecule has 88 valence electrons. The molecule has 0 fully saturated rings. The summed E-state index contributed by atoms with van der Waals surface area (Å²) in [6.45, 7) is 0. The highest BCUT2D eigenvalue weighted by Crippen LogP contribution is 2.27. The summed E-state index contributed by atoms with van der Waals surface area (Å²) < 4.78 is 0. The van der Waals surface area contributed by atoms with Crippen LogP contribution in [0.25, 0.3) is 17.0 Å². The molecule has 0 atom stereocenters. The van der Waals surface area contributed by atoms with Gasteiger partial charge in [0, 0.05) is 17.8 Å². The van der Waals surface area contributed by atoms with E-state index in [1.54, 1.807) is 36.5 Å². The van der Waals surface area contributed by atoms with Crippen LogP contribution < -0.4 is 0 Å². The molecule has 0 unspecified atom stereocenters. The standard InChI is InChI=1S/C13H9N3O2/c14-8-2-1-4-10-6-7-12(16(17)18)11-5-3-9-15-13(10)11/h1,3-7,9H,2H2. The number of nitriles is 1. The Kier molecular flexibility index (Phi) is 3.30. The highest BCUT2D eigenvalue weighted by Gasteiger charge is 2.13. The van der Waals surface area contributed by atoms with Crippen molar-refractivity contribution in [3.8, 4) is 6.07 Å². The second-order valence-electron chi connectivity index (χ2n) is 3.60.